The summed E-state index contributed by atoms with van der Waals surface area (Å²) < 4.78 is 1.82. The molecule has 0 spiro atoms. The summed E-state index contributed by atoms with van der Waals surface area (Å²) in [6, 6.07) is 6.42. The van der Waals surface area contributed by atoms with Gasteiger partial charge in [0.25, 0.3) is 0 Å². The Hall–Kier alpha value is -2.35. The molecule has 2 rings (SSSR count). The van der Waals surface area contributed by atoms with Gasteiger partial charge in [-0.1, -0.05) is 23.9 Å². The summed E-state index contributed by atoms with van der Waals surface area (Å²) in [4.78, 5) is 23.2. The number of rotatable bonds is 5. The number of nitrogens with one attached hydrogen (secondary N) is 2. The fourth-order valence-electron chi connectivity index (χ4n) is 1.83. The molecule has 0 saturated heterocycles. The van der Waals surface area contributed by atoms with Crippen molar-refractivity contribution in [3.05, 3.63) is 35.7 Å². The molecule has 0 unspecified atom stereocenters. The Bertz CT molecular complexity index is 698. The molecule has 0 aliphatic heterocycles. The normalized spacial score (nSPS) is 10.3. The maximum absolute atomic E-state index is 11.9. The van der Waals surface area contributed by atoms with Crippen LogP contribution in [0, 0.1) is 0 Å². The van der Waals surface area contributed by atoms with Crippen molar-refractivity contribution in [1.82, 2.24) is 20.1 Å². The molecule has 0 atom stereocenters. The van der Waals surface area contributed by atoms with Crippen molar-refractivity contribution in [2.24, 2.45) is 7.05 Å². The van der Waals surface area contributed by atoms with Crippen LogP contribution >= 0.6 is 11.8 Å². The molecule has 22 heavy (non-hydrogen) atoms. The van der Waals surface area contributed by atoms with Crippen molar-refractivity contribution in [2.45, 2.75) is 18.6 Å². The number of amides is 2. The van der Waals surface area contributed by atoms with Gasteiger partial charge in [-0.15, -0.1) is 10.2 Å². The fraction of sp³-hybridized carbons (Fsp3) is 0.286. The first-order valence-corrected chi connectivity index (χ1v) is 7.82. The van der Waals surface area contributed by atoms with Crippen molar-refractivity contribution >= 4 is 29.3 Å². The molecule has 2 N–H and O–H groups in total. The Morgan fingerprint density at radius 1 is 1.32 bits per heavy atom. The van der Waals surface area contributed by atoms with Crippen molar-refractivity contribution < 1.29 is 9.59 Å². The van der Waals surface area contributed by atoms with Crippen molar-refractivity contribution in [1.29, 1.82) is 0 Å². The van der Waals surface area contributed by atoms with Crippen LogP contribution in [0.25, 0.3) is 0 Å². The topological polar surface area (TPSA) is 88.9 Å². The third-order valence-electron chi connectivity index (χ3n) is 3.04. The first kappa shape index (κ1) is 16.0. The fourth-order valence-corrected chi connectivity index (χ4v) is 2.33. The quantitative estimate of drug-likeness (QED) is 0.650. The molecule has 0 saturated carbocycles. The van der Waals surface area contributed by atoms with E-state index in [1.54, 1.807) is 24.3 Å². The predicted octanol–water partition coefficient (Wildman–Crippen LogP) is 2.06. The van der Waals surface area contributed by atoms with E-state index in [1.807, 2.05) is 17.9 Å². The number of aromatic nitrogens is 3. The summed E-state index contributed by atoms with van der Waals surface area (Å²) in [6.45, 7) is 1.75. The zero-order valence-corrected chi connectivity index (χ0v) is 13.4. The summed E-state index contributed by atoms with van der Waals surface area (Å²) in [7, 11) is 1.84. The van der Waals surface area contributed by atoms with Crippen LogP contribution in [0.4, 0.5) is 10.5 Å². The van der Waals surface area contributed by atoms with Gasteiger partial charge in [-0.25, -0.2) is 4.79 Å². The average Bonchev–Trinajstić information content (AvgIpc) is 2.85. The average molecular weight is 319 g/mol. The van der Waals surface area contributed by atoms with Crippen molar-refractivity contribution in [2.75, 3.05) is 11.6 Å². The van der Waals surface area contributed by atoms with Crippen LogP contribution in [0.3, 0.4) is 0 Å². The molecule has 8 heteroatoms. The largest absolute Gasteiger partial charge is 0.331 e. The minimum Gasteiger partial charge on any atom is -0.331 e. The smallest absolute Gasteiger partial charge is 0.319 e. The van der Waals surface area contributed by atoms with E-state index in [0.717, 1.165) is 5.16 Å². The number of anilines is 1. The van der Waals surface area contributed by atoms with Gasteiger partial charge in [-0.2, -0.15) is 0 Å². The lowest BCUT2D eigenvalue weighted by molar-refractivity contribution is 0.101. The number of carbonyl (C=O) groups excluding carboxylic acids is 2. The van der Waals surface area contributed by atoms with E-state index < -0.39 is 0 Å². The number of thioether (sulfide) groups is 1. The molecule has 116 valence electrons. The van der Waals surface area contributed by atoms with Crippen LogP contribution in [0.2, 0.25) is 0 Å². The highest BCUT2D eigenvalue weighted by Crippen LogP contribution is 2.12. The van der Waals surface area contributed by atoms with Gasteiger partial charge >= 0.3 is 6.03 Å². The van der Waals surface area contributed by atoms with Gasteiger partial charge in [0, 0.05) is 18.3 Å². The third kappa shape index (κ3) is 3.85. The summed E-state index contributed by atoms with van der Waals surface area (Å²) in [5, 5.41) is 14.2. The zero-order chi connectivity index (χ0) is 16.1. The van der Waals surface area contributed by atoms with E-state index in [2.05, 4.69) is 20.8 Å². The van der Waals surface area contributed by atoms with Crippen molar-refractivity contribution in [3.63, 3.8) is 0 Å². The number of urea groups is 1. The number of nitrogens with zero attached hydrogens (tertiary/aromatic N) is 3. The molecular weight excluding hydrogens is 302 g/mol. The molecule has 2 aromatic rings. The summed E-state index contributed by atoms with van der Waals surface area (Å²) in [5.74, 6) is 0.615. The number of Topliss-reactive ketones (excluding diaryl/α,β-unsaturated/α-hetero) is 1. The zero-order valence-electron chi connectivity index (χ0n) is 12.6. The summed E-state index contributed by atoms with van der Waals surface area (Å²) in [5.41, 5.74) is 1.11. The van der Waals surface area contributed by atoms with Gasteiger partial charge < -0.3 is 15.2 Å². The second-order valence-corrected chi connectivity index (χ2v) is 5.38. The highest BCUT2D eigenvalue weighted by molar-refractivity contribution is 7.98. The number of benzene rings is 1. The Kier molecular flexibility index (Phi) is 5.16. The second kappa shape index (κ2) is 7.08. The van der Waals surface area contributed by atoms with Crippen LogP contribution in [0.1, 0.15) is 23.1 Å². The van der Waals surface area contributed by atoms with E-state index in [1.165, 1.54) is 18.7 Å². The maximum Gasteiger partial charge on any atom is 0.319 e. The van der Waals surface area contributed by atoms with Crippen molar-refractivity contribution in [3.8, 4) is 0 Å². The van der Waals surface area contributed by atoms with Gasteiger partial charge in [0.2, 0.25) is 0 Å². The number of carbonyl (C=O) groups is 2. The predicted molar refractivity (Wildman–Crippen MR) is 85.1 cm³/mol. The Morgan fingerprint density at radius 2 is 2.09 bits per heavy atom. The Labute approximate surface area is 132 Å². The van der Waals surface area contributed by atoms with E-state index in [-0.39, 0.29) is 18.4 Å². The standard InChI is InChI=1S/C14H17N5O2S/c1-9(20)10-5-4-6-11(7-10)16-13(21)15-8-12-17-18-14(22-3)19(12)2/h4-7H,8H2,1-3H3,(H2,15,16,21). The minimum atomic E-state index is -0.366. The third-order valence-corrected chi connectivity index (χ3v) is 3.76. The molecule has 0 aliphatic carbocycles. The molecule has 0 radical (unpaired) electrons. The first-order valence-electron chi connectivity index (χ1n) is 6.59. The number of ketones is 1. The van der Waals surface area contributed by atoms with E-state index >= 15 is 0 Å². The maximum atomic E-state index is 11.9. The van der Waals surface area contributed by atoms with E-state index in [4.69, 9.17) is 0 Å². The lowest BCUT2D eigenvalue weighted by Crippen LogP contribution is -2.29. The lowest BCUT2D eigenvalue weighted by Gasteiger charge is -2.08. The minimum absolute atomic E-state index is 0.0484. The van der Waals surface area contributed by atoms with Gasteiger partial charge in [0.1, 0.15) is 0 Å². The molecule has 2 amide bonds. The lowest BCUT2D eigenvalue weighted by atomic mass is 10.1. The monoisotopic (exact) mass is 319 g/mol. The van der Waals surface area contributed by atoms with Gasteiger partial charge in [-0.05, 0) is 25.3 Å². The van der Waals surface area contributed by atoms with E-state index in [9.17, 15) is 9.59 Å². The Morgan fingerprint density at radius 3 is 2.73 bits per heavy atom. The van der Waals surface area contributed by atoms with E-state index in [0.29, 0.717) is 17.1 Å². The molecule has 0 aliphatic rings. The van der Waals surface area contributed by atoms with Crippen LogP contribution in [0.15, 0.2) is 29.4 Å². The van der Waals surface area contributed by atoms with Gasteiger partial charge in [-0.3, -0.25) is 4.79 Å². The van der Waals surface area contributed by atoms with Gasteiger partial charge in [0.05, 0.1) is 6.54 Å². The second-order valence-electron chi connectivity index (χ2n) is 4.61. The molecule has 0 fully saturated rings. The molecule has 1 aromatic heterocycles. The highest BCUT2D eigenvalue weighted by atomic mass is 32.2. The summed E-state index contributed by atoms with van der Waals surface area (Å²) >= 11 is 1.49. The number of hydrogen-bond acceptors (Lipinski definition) is 5. The van der Waals surface area contributed by atoms with Crippen LogP contribution in [0.5, 0.6) is 0 Å². The Balaban J connectivity index is 1.94. The molecule has 7 nitrogen and oxygen atoms in total. The van der Waals surface area contributed by atoms with Gasteiger partial charge in [0.15, 0.2) is 16.8 Å². The highest BCUT2D eigenvalue weighted by Gasteiger charge is 2.09. The number of hydrogen-bond donors (Lipinski definition) is 2. The van der Waals surface area contributed by atoms with Crippen LogP contribution in [-0.4, -0.2) is 32.8 Å². The molecule has 1 heterocycles. The first-order chi connectivity index (χ1) is 10.5. The molecule has 1 aromatic carbocycles. The van der Waals surface area contributed by atoms with Crippen LogP contribution < -0.4 is 10.6 Å². The summed E-state index contributed by atoms with van der Waals surface area (Å²) in [6.07, 6.45) is 1.91. The molecule has 0 bridgehead atoms. The van der Waals surface area contributed by atoms with Crippen LogP contribution in [-0.2, 0) is 13.6 Å². The molecular formula is C14H17N5O2S. The SMILES string of the molecule is CSc1nnc(CNC(=O)Nc2cccc(C(C)=O)c2)n1C.